The van der Waals surface area contributed by atoms with Crippen LogP contribution in [0.4, 0.5) is 5.69 Å². The summed E-state index contributed by atoms with van der Waals surface area (Å²) in [5.41, 5.74) is 8.64. The van der Waals surface area contributed by atoms with Crippen molar-refractivity contribution in [2.45, 2.75) is 26.2 Å². The van der Waals surface area contributed by atoms with Gasteiger partial charge in [-0.2, -0.15) is 5.10 Å². The van der Waals surface area contributed by atoms with Crippen LogP contribution >= 0.6 is 0 Å². The Kier molecular flexibility index (Phi) is 1.77. The number of nitrogens with zero attached hydrogens (tertiary/aromatic N) is 1. The van der Waals surface area contributed by atoms with Crippen molar-refractivity contribution in [3.63, 3.8) is 0 Å². The lowest BCUT2D eigenvalue weighted by Crippen LogP contribution is -2.11. The van der Waals surface area contributed by atoms with Gasteiger partial charge in [0.25, 0.3) is 0 Å². The summed E-state index contributed by atoms with van der Waals surface area (Å²) in [6.45, 7) is 6.47. The highest BCUT2D eigenvalue weighted by Gasteiger charge is 2.19. The molecule has 2 aromatic rings. The monoisotopic (exact) mass is 189 g/mol. The predicted molar refractivity (Wildman–Crippen MR) is 59.2 cm³/mol. The molecule has 0 saturated heterocycles. The highest BCUT2D eigenvalue weighted by Crippen LogP contribution is 2.29. The molecule has 2 rings (SSSR count). The molecule has 14 heavy (non-hydrogen) atoms. The van der Waals surface area contributed by atoms with Crippen molar-refractivity contribution in [1.82, 2.24) is 10.2 Å². The number of benzene rings is 1. The van der Waals surface area contributed by atoms with Crippen LogP contribution in [0.5, 0.6) is 0 Å². The number of fused-ring (bicyclic) bond motifs is 1. The maximum Gasteiger partial charge on any atom is 0.115 e. The number of aromatic amines is 1. The summed E-state index contributed by atoms with van der Waals surface area (Å²) in [4.78, 5) is 0. The number of rotatable bonds is 0. The number of aromatic nitrogens is 2. The summed E-state index contributed by atoms with van der Waals surface area (Å²) in [6, 6.07) is 5.88. The number of hydrogen-bond acceptors (Lipinski definition) is 2. The first-order valence-electron chi connectivity index (χ1n) is 4.73. The molecule has 0 aliphatic carbocycles. The lowest BCUT2D eigenvalue weighted by atomic mass is 9.90. The molecule has 3 nitrogen and oxygen atoms in total. The molecule has 0 atom stereocenters. The summed E-state index contributed by atoms with van der Waals surface area (Å²) in [5, 5.41) is 8.42. The predicted octanol–water partition coefficient (Wildman–Crippen LogP) is 2.44. The van der Waals surface area contributed by atoms with E-state index in [2.05, 4.69) is 37.0 Å². The van der Waals surface area contributed by atoms with E-state index >= 15 is 0 Å². The zero-order valence-electron chi connectivity index (χ0n) is 8.76. The highest BCUT2D eigenvalue weighted by molar-refractivity contribution is 5.91. The van der Waals surface area contributed by atoms with Crippen LogP contribution in [0.25, 0.3) is 10.9 Å². The molecule has 0 saturated carbocycles. The molecule has 1 aromatic carbocycles. The highest BCUT2D eigenvalue weighted by atomic mass is 15.1. The van der Waals surface area contributed by atoms with Crippen molar-refractivity contribution < 1.29 is 0 Å². The minimum Gasteiger partial charge on any atom is -0.397 e. The fraction of sp³-hybridized carbons (Fsp3) is 0.364. The van der Waals surface area contributed by atoms with Gasteiger partial charge < -0.3 is 5.73 Å². The first kappa shape index (κ1) is 9.06. The van der Waals surface area contributed by atoms with Crippen molar-refractivity contribution in [1.29, 1.82) is 0 Å². The zero-order chi connectivity index (χ0) is 10.3. The van der Waals surface area contributed by atoms with Crippen LogP contribution in [0.1, 0.15) is 26.5 Å². The SMILES string of the molecule is CC(C)(C)c1[nH]nc2c(N)cccc12. The largest absolute Gasteiger partial charge is 0.397 e. The Morgan fingerprint density at radius 1 is 1.29 bits per heavy atom. The molecule has 0 amide bonds. The Hall–Kier alpha value is -1.51. The van der Waals surface area contributed by atoms with Crippen molar-refractivity contribution in [2.75, 3.05) is 5.73 Å². The van der Waals surface area contributed by atoms with Crippen molar-refractivity contribution in [2.24, 2.45) is 0 Å². The first-order valence-corrected chi connectivity index (χ1v) is 4.73. The number of para-hydroxylation sites is 1. The molecule has 0 aliphatic heterocycles. The van der Waals surface area contributed by atoms with Gasteiger partial charge in [-0.3, -0.25) is 5.10 Å². The first-order chi connectivity index (χ1) is 6.50. The van der Waals surface area contributed by atoms with Crippen LogP contribution in [-0.4, -0.2) is 10.2 Å². The number of nitrogen functional groups attached to an aromatic ring is 1. The van der Waals surface area contributed by atoms with E-state index in [1.165, 1.54) is 0 Å². The maximum atomic E-state index is 5.83. The van der Waals surface area contributed by atoms with Crippen molar-refractivity contribution in [3.8, 4) is 0 Å². The van der Waals surface area contributed by atoms with Crippen LogP contribution < -0.4 is 5.73 Å². The molecule has 74 valence electrons. The van der Waals surface area contributed by atoms with E-state index in [9.17, 15) is 0 Å². The van der Waals surface area contributed by atoms with Gasteiger partial charge in [-0.15, -0.1) is 0 Å². The maximum absolute atomic E-state index is 5.83. The zero-order valence-corrected chi connectivity index (χ0v) is 8.76. The molecule has 3 N–H and O–H groups in total. The summed E-state index contributed by atoms with van der Waals surface area (Å²) >= 11 is 0. The third-order valence-corrected chi connectivity index (χ3v) is 2.37. The van der Waals surface area contributed by atoms with E-state index in [0.717, 1.165) is 22.3 Å². The van der Waals surface area contributed by atoms with Gasteiger partial charge in [0.1, 0.15) is 5.52 Å². The molecule has 0 unspecified atom stereocenters. The lowest BCUT2D eigenvalue weighted by molar-refractivity contribution is 0.571. The van der Waals surface area contributed by atoms with Gasteiger partial charge in [0, 0.05) is 16.5 Å². The van der Waals surface area contributed by atoms with Gasteiger partial charge >= 0.3 is 0 Å². The van der Waals surface area contributed by atoms with Crippen molar-refractivity contribution in [3.05, 3.63) is 23.9 Å². The van der Waals surface area contributed by atoms with E-state index in [4.69, 9.17) is 5.73 Å². The molecule has 1 heterocycles. The van der Waals surface area contributed by atoms with Crippen LogP contribution in [0.3, 0.4) is 0 Å². The number of anilines is 1. The van der Waals surface area contributed by atoms with E-state index < -0.39 is 0 Å². The summed E-state index contributed by atoms with van der Waals surface area (Å²) < 4.78 is 0. The minimum atomic E-state index is 0.0720. The normalized spacial score (nSPS) is 12.2. The second kappa shape index (κ2) is 2.74. The Balaban J connectivity index is 2.76. The van der Waals surface area contributed by atoms with Gasteiger partial charge in [0.05, 0.1) is 5.69 Å². The molecular formula is C11H15N3. The number of nitrogens with two attached hydrogens (primary N) is 1. The van der Waals surface area contributed by atoms with Crippen LogP contribution in [0.2, 0.25) is 0 Å². The molecule has 1 aromatic heterocycles. The minimum absolute atomic E-state index is 0.0720. The fourth-order valence-electron chi connectivity index (χ4n) is 1.63. The topological polar surface area (TPSA) is 54.7 Å². The molecular weight excluding hydrogens is 174 g/mol. The lowest BCUT2D eigenvalue weighted by Gasteiger charge is -2.16. The summed E-state index contributed by atoms with van der Waals surface area (Å²) in [7, 11) is 0. The smallest absolute Gasteiger partial charge is 0.115 e. The quantitative estimate of drug-likeness (QED) is 0.625. The van der Waals surface area contributed by atoms with Gasteiger partial charge in [-0.1, -0.05) is 32.9 Å². The van der Waals surface area contributed by atoms with E-state index in [0.29, 0.717) is 0 Å². The Labute approximate surface area is 83.3 Å². The second-order valence-corrected chi connectivity index (χ2v) is 4.59. The molecule has 0 fully saturated rings. The van der Waals surface area contributed by atoms with E-state index in [1.54, 1.807) is 0 Å². The Morgan fingerprint density at radius 3 is 2.64 bits per heavy atom. The molecule has 3 heteroatoms. The van der Waals surface area contributed by atoms with Crippen molar-refractivity contribution >= 4 is 16.6 Å². The molecule has 0 bridgehead atoms. The van der Waals surface area contributed by atoms with E-state index in [1.807, 2.05) is 12.1 Å². The number of nitrogens with one attached hydrogen (secondary N) is 1. The van der Waals surface area contributed by atoms with Gasteiger partial charge in [0.2, 0.25) is 0 Å². The van der Waals surface area contributed by atoms with Gasteiger partial charge in [-0.25, -0.2) is 0 Å². The van der Waals surface area contributed by atoms with Gasteiger partial charge in [0.15, 0.2) is 0 Å². The van der Waals surface area contributed by atoms with Gasteiger partial charge in [-0.05, 0) is 6.07 Å². The molecule has 0 spiro atoms. The average molecular weight is 189 g/mol. The number of H-pyrrole nitrogens is 1. The standard InChI is InChI=1S/C11H15N3/c1-11(2,3)10-7-5-4-6-8(12)9(7)13-14-10/h4-6H,12H2,1-3H3,(H,13,14). The summed E-state index contributed by atoms with van der Waals surface area (Å²) in [5.74, 6) is 0. The molecule has 0 aliphatic rings. The van der Waals surface area contributed by atoms with Crippen LogP contribution in [0.15, 0.2) is 18.2 Å². The van der Waals surface area contributed by atoms with Crippen LogP contribution in [-0.2, 0) is 5.41 Å². The summed E-state index contributed by atoms with van der Waals surface area (Å²) in [6.07, 6.45) is 0. The fourth-order valence-corrected chi connectivity index (χ4v) is 1.63. The average Bonchev–Trinajstić information content (AvgIpc) is 2.47. The third kappa shape index (κ3) is 1.25. The molecule has 0 radical (unpaired) electrons. The Bertz CT molecular complexity index is 463. The third-order valence-electron chi connectivity index (χ3n) is 2.37. The Morgan fingerprint density at radius 2 is 2.00 bits per heavy atom. The van der Waals surface area contributed by atoms with Crippen LogP contribution in [0, 0.1) is 0 Å². The number of hydrogen-bond donors (Lipinski definition) is 2. The second-order valence-electron chi connectivity index (χ2n) is 4.59. The van der Waals surface area contributed by atoms with E-state index in [-0.39, 0.29) is 5.41 Å².